The minimum Gasteiger partial charge on any atom is -0.508 e. The molecule has 4 nitrogen and oxygen atoms in total. The molecule has 134 valence electrons. The van der Waals surface area contributed by atoms with Gasteiger partial charge in [-0.25, -0.2) is 0 Å². The van der Waals surface area contributed by atoms with Crippen molar-refractivity contribution in [2.75, 3.05) is 18.0 Å². The number of anilines is 1. The standard InChI is InChI=1S/C21H28N2O2/c1-4-23(16(2)3)19-11-9-18(10-12-19)21(25)22-15-5-6-17-7-13-20(24)14-8-17/h7-14,16,24H,4-6,15H2,1-3H3,(H,22,25). The highest BCUT2D eigenvalue weighted by molar-refractivity contribution is 5.94. The molecular weight excluding hydrogens is 312 g/mol. The number of aromatic hydroxyl groups is 1. The summed E-state index contributed by atoms with van der Waals surface area (Å²) in [5.74, 6) is 0.240. The Bertz CT molecular complexity index is 663. The van der Waals surface area contributed by atoms with Gasteiger partial charge in [-0.1, -0.05) is 12.1 Å². The lowest BCUT2D eigenvalue weighted by molar-refractivity contribution is 0.0953. The minimum absolute atomic E-state index is 0.0372. The van der Waals surface area contributed by atoms with Crippen LogP contribution in [0.1, 0.15) is 43.1 Å². The molecule has 0 aliphatic rings. The van der Waals surface area contributed by atoms with Crippen LogP contribution in [-0.2, 0) is 6.42 Å². The Morgan fingerprint density at radius 1 is 1.08 bits per heavy atom. The second-order valence-electron chi connectivity index (χ2n) is 6.45. The van der Waals surface area contributed by atoms with E-state index in [-0.39, 0.29) is 11.7 Å². The van der Waals surface area contributed by atoms with Crippen LogP contribution in [0.4, 0.5) is 5.69 Å². The average Bonchev–Trinajstić information content (AvgIpc) is 2.61. The first-order valence-electron chi connectivity index (χ1n) is 8.94. The van der Waals surface area contributed by atoms with Gasteiger partial charge in [0.1, 0.15) is 5.75 Å². The molecule has 0 spiro atoms. The van der Waals surface area contributed by atoms with E-state index in [1.807, 2.05) is 36.4 Å². The topological polar surface area (TPSA) is 52.6 Å². The molecule has 2 aromatic rings. The van der Waals surface area contributed by atoms with E-state index in [0.717, 1.165) is 30.6 Å². The Kier molecular flexibility index (Phi) is 6.87. The number of amides is 1. The number of rotatable bonds is 8. The number of phenols is 1. The molecule has 0 heterocycles. The van der Waals surface area contributed by atoms with Crippen molar-refractivity contribution >= 4 is 11.6 Å². The van der Waals surface area contributed by atoms with Gasteiger partial charge in [-0.15, -0.1) is 0 Å². The van der Waals surface area contributed by atoms with Gasteiger partial charge >= 0.3 is 0 Å². The maximum atomic E-state index is 12.2. The van der Waals surface area contributed by atoms with Gasteiger partial charge in [0.05, 0.1) is 0 Å². The van der Waals surface area contributed by atoms with Crippen molar-refractivity contribution in [2.45, 2.75) is 39.7 Å². The van der Waals surface area contributed by atoms with Gasteiger partial charge in [-0.05, 0) is 75.6 Å². The fourth-order valence-electron chi connectivity index (χ4n) is 2.91. The lowest BCUT2D eigenvalue weighted by atomic mass is 10.1. The predicted octanol–water partition coefficient (Wildman–Crippen LogP) is 3.99. The highest BCUT2D eigenvalue weighted by Gasteiger charge is 2.10. The average molecular weight is 340 g/mol. The quantitative estimate of drug-likeness (QED) is 0.715. The lowest BCUT2D eigenvalue weighted by Crippen LogP contribution is -2.30. The smallest absolute Gasteiger partial charge is 0.251 e. The van der Waals surface area contributed by atoms with E-state index in [0.29, 0.717) is 18.2 Å². The van der Waals surface area contributed by atoms with Gasteiger partial charge in [0.15, 0.2) is 0 Å². The summed E-state index contributed by atoms with van der Waals surface area (Å²) < 4.78 is 0. The van der Waals surface area contributed by atoms with E-state index in [1.54, 1.807) is 12.1 Å². The van der Waals surface area contributed by atoms with Gasteiger partial charge in [0.2, 0.25) is 0 Å². The normalized spacial score (nSPS) is 10.7. The van der Waals surface area contributed by atoms with Crippen LogP contribution in [-0.4, -0.2) is 30.1 Å². The minimum atomic E-state index is -0.0372. The molecule has 0 aliphatic carbocycles. The molecule has 0 unspecified atom stereocenters. The molecule has 0 radical (unpaired) electrons. The maximum Gasteiger partial charge on any atom is 0.251 e. The van der Waals surface area contributed by atoms with E-state index in [4.69, 9.17) is 0 Å². The molecule has 0 aliphatic heterocycles. The second-order valence-corrected chi connectivity index (χ2v) is 6.45. The van der Waals surface area contributed by atoms with E-state index in [2.05, 4.69) is 31.0 Å². The zero-order chi connectivity index (χ0) is 18.2. The summed E-state index contributed by atoms with van der Waals surface area (Å²) in [5, 5.41) is 12.2. The molecule has 2 rings (SSSR count). The number of carbonyl (C=O) groups is 1. The summed E-state index contributed by atoms with van der Waals surface area (Å²) in [7, 11) is 0. The van der Waals surface area contributed by atoms with Crippen LogP contribution in [0, 0.1) is 0 Å². The third-order valence-electron chi connectivity index (χ3n) is 4.29. The maximum absolute atomic E-state index is 12.2. The molecule has 0 bridgehead atoms. The van der Waals surface area contributed by atoms with Gasteiger partial charge in [0, 0.05) is 30.4 Å². The zero-order valence-corrected chi connectivity index (χ0v) is 15.3. The first kappa shape index (κ1) is 18.8. The molecular formula is C21H28N2O2. The number of benzene rings is 2. The van der Waals surface area contributed by atoms with Crippen LogP contribution in [0.2, 0.25) is 0 Å². The van der Waals surface area contributed by atoms with Crippen molar-refractivity contribution in [1.82, 2.24) is 5.32 Å². The zero-order valence-electron chi connectivity index (χ0n) is 15.3. The van der Waals surface area contributed by atoms with Gasteiger partial charge in [0.25, 0.3) is 5.91 Å². The van der Waals surface area contributed by atoms with Crippen LogP contribution >= 0.6 is 0 Å². The number of phenolic OH excluding ortho intramolecular Hbond substituents is 1. The molecule has 0 fully saturated rings. The van der Waals surface area contributed by atoms with E-state index in [1.165, 1.54) is 0 Å². The van der Waals surface area contributed by atoms with Gasteiger partial charge < -0.3 is 15.3 Å². The summed E-state index contributed by atoms with van der Waals surface area (Å²) >= 11 is 0. The van der Waals surface area contributed by atoms with Crippen LogP contribution in [0.5, 0.6) is 5.75 Å². The molecule has 0 saturated carbocycles. The van der Waals surface area contributed by atoms with Crippen molar-refractivity contribution in [3.8, 4) is 5.75 Å². The lowest BCUT2D eigenvalue weighted by Gasteiger charge is -2.27. The van der Waals surface area contributed by atoms with Gasteiger partial charge in [-0.2, -0.15) is 0 Å². The molecule has 25 heavy (non-hydrogen) atoms. The number of hydrogen-bond acceptors (Lipinski definition) is 3. The number of aryl methyl sites for hydroxylation is 1. The third kappa shape index (κ3) is 5.52. The highest BCUT2D eigenvalue weighted by atomic mass is 16.3. The van der Waals surface area contributed by atoms with Crippen molar-refractivity contribution in [2.24, 2.45) is 0 Å². The van der Waals surface area contributed by atoms with E-state index < -0.39 is 0 Å². The summed E-state index contributed by atoms with van der Waals surface area (Å²) in [6.45, 7) is 8.04. The Hall–Kier alpha value is -2.49. The number of nitrogens with zero attached hydrogens (tertiary/aromatic N) is 1. The van der Waals surface area contributed by atoms with E-state index in [9.17, 15) is 9.90 Å². The molecule has 1 amide bonds. The van der Waals surface area contributed by atoms with Crippen molar-refractivity contribution in [3.63, 3.8) is 0 Å². The molecule has 2 aromatic carbocycles. The third-order valence-corrected chi connectivity index (χ3v) is 4.29. The largest absolute Gasteiger partial charge is 0.508 e. The van der Waals surface area contributed by atoms with E-state index >= 15 is 0 Å². The van der Waals surface area contributed by atoms with Crippen LogP contribution < -0.4 is 10.2 Å². The summed E-state index contributed by atoms with van der Waals surface area (Å²) in [6, 6.07) is 15.4. The number of nitrogens with one attached hydrogen (secondary N) is 1. The molecule has 0 saturated heterocycles. The Morgan fingerprint density at radius 3 is 2.28 bits per heavy atom. The highest BCUT2D eigenvalue weighted by Crippen LogP contribution is 2.17. The fourth-order valence-corrected chi connectivity index (χ4v) is 2.91. The first-order chi connectivity index (χ1) is 12.0. The molecule has 4 heteroatoms. The summed E-state index contributed by atoms with van der Waals surface area (Å²) in [5.41, 5.74) is 2.99. The van der Waals surface area contributed by atoms with Crippen molar-refractivity contribution in [1.29, 1.82) is 0 Å². The SMILES string of the molecule is CCN(c1ccc(C(=O)NCCCc2ccc(O)cc2)cc1)C(C)C. The molecule has 0 aromatic heterocycles. The van der Waals surface area contributed by atoms with Gasteiger partial charge in [-0.3, -0.25) is 4.79 Å². The Morgan fingerprint density at radius 2 is 1.72 bits per heavy atom. The van der Waals surface area contributed by atoms with Crippen molar-refractivity contribution < 1.29 is 9.90 Å². The Balaban J connectivity index is 1.81. The van der Waals surface area contributed by atoms with Crippen molar-refractivity contribution in [3.05, 3.63) is 59.7 Å². The monoisotopic (exact) mass is 340 g/mol. The summed E-state index contributed by atoms with van der Waals surface area (Å²) in [6.07, 6.45) is 1.74. The number of carbonyl (C=O) groups excluding carboxylic acids is 1. The molecule has 0 atom stereocenters. The predicted molar refractivity (Wildman–Crippen MR) is 103 cm³/mol. The fraction of sp³-hybridized carbons (Fsp3) is 0.381. The Labute approximate surface area is 150 Å². The summed E-state index contributed by atoms with van der Waals surface area (Å²) in [4.78, 5) is 14.5. The number of hydrogen-bond donors (Lipinski definition) is 2. The van der Waals surface area contributed by atoms with Crippen LogP contribution in [0.3, 0.4) is 0 Å². The second kappa shape index (κ2) is 9.11. The van der Waals surface area contributed by atoms with Crippen LogP contribution in [0.25, 0.3) is 0 Å². The van der Waals surface area contributed by atoms with Crippen LogP contribution in [0.15, 0.2) is 48.5 Å². The first-order valence-corrected chi connectivity index (χ1v) is 8.94. The molecule has 2 N–H and O–H groups in total.